The standard InChI is InChI=1S/C19H22FN3O/c1-14(24)23-10-6-15(7-11-23)12-18-19(22-9-8-21-18)13-16-4-2-3-5-17(16)20/h2-5,8-9,15H,6-7,10-13H2,1H3. The van der Waals surface area contributed by atoms with Gasteiger partial charge in [-0.05, 0) is 36.8 Å². The van der Waals surface area contributed by atoms with Gasteiger partial charge in [-0.1, -0.05) is 18.2 Å². The Balaban J connectivity index is 1.69. The summed E-state index contributed by atoms with van der Waals surface area (Å²) in [6.45, 7) is 3.24. The SMILES string of the molecule is CC(=O)N1CCC(Cc2nccnc2Cc2ccccc2F)CC1. The van der Waals surface area contributed by atoms with Crippen molar-refractivity contribution in [3.05, 3.63) is 59.4 Å². The van der Waals surface area contributed by atoms with E-state index in [2.05, 4.69) is 9.97 Å². The van der Waals surface area contributed by atoms with Crippen LogP contribution in [0.3, 0.4) is 0 Å². The molecule has 1 aliphatic heterocycles. The molecule has 1 aromatic carbocycles. The summed E-state index contributed by atoms with van der Waals surface area (Å²) in [6, 6.07) is 6.80. The lowest BCUT2D eigenvalue weighted by Gasteiger charge is -2.31. The smallest absolute Gasteiger partial charge is 0.219 e. The van der Waals surface area contributed by atoms with Gasteiger partial charge in [-0.15, -0.1) is 0 Å². The first-order valence-electron chi connectivity index (χ1n) is 8.41. The zero-order chi connectivity index (χ0) is 16.9. The first-order chi connectivity index (χ1) is 11.6. The number of aromatic nitrogens is 2. The largest absolute Gasteiger partial charge is 0.343 e. The van der Waals surface area contributed by atoms with E-state index in [1.54, 1.807) is 31.5 Å². The molecule has 0 atom stereocenters. The van der Waals surface area contributed by atoms with Crippen molar-refractivity contribution >= 4 is 5.91 Å². The van der Waals surface area contributed by atoms with Gasteiger partial charge < -0.3 is 4.90 Å². The second-order valence-electron chi connectivity index (χ2n) is 6.37. The molecule has 0 N–H and O–H groups in total. The highest BCUT2D eigenvalue weighted by Gasteiger charge is 2.22. The van der Waals surface area contributed by atoms with Crippen LogP contribution in [0.5, 0.6) is 0 Å². The van der Waals surface area contributed by atoms with Gasteiger partial charge in [0.25, 0.3) is 0 Å². The van der Waals surface area contributed by atoms with Crippen LogP contribution in [0, 0.1) is 11.7 Å². The number of hydrogen-bond acceptors (Lipinski definition) is 3. The zero-order valence-corrected chi connectivity index (χ0v) is 13.9. The summed E-state index contributed by atoms with van der Waals surface area (Å²) >= 11 is 0. The summed E-state index contributed by atoms with van der Waals surface area (Å²) in [6.07, 6.45) is 6.62. The van der Waals surface area contributed by atoms with Gasteiger partial charge in [0, 0.05) is 38.8 Å². The number of halogens is 1. The zero-order valence-electron chi connectivity index (χ0n) is 13.9. The van der Waals surface area contributed by atoms with Gasteiger partial charge in [-0.3, -0.25) is 14.8 Å². The van der Waals surface area contributed by atoms with Crippen LogP contribution in [0.1, 0.15) is 36.7 Å². The molecule has 3 rings (SSSR count). The number of likely N-dealkylation sites (tertiary alicyclic amines) is 1. The van der Waals surface area contributed by atoms with Gasteiger partial charge in [0.2, 0.25) is 5.91 Å². The summed E-state index contributed by atoms with van der Waals surface area (Å²) < 4.78 is 13.9. The summed E-state index contributed by atoms with van der Waals surface area (Å²) in [5.41, 5.74) is 2.43. The van der Waals surface area contributed by atoms with E-state index in [1.807, 2.05) is 11.0 Å². The molecule has 0 spiro atoms. The van der Waals surface area contributed by atoms with Crippen molar-refractivity contribution < 1.29 is 9.18 Å². The number of nitrogens with zero attached hydrogens (tertiary/aromatic N) is 3. The third kappa shape index (κ3) is 3.96. The Morgan fingerprint density at radius 3 is 2.50 bits per heavy atom. The van der Waals surface area contributed by atoms with Gasteiger partial charge in [0.1, 0.15) is 5.82 Å². The first kappa shape index (κ1) is 16.6. The number of rotatable bonds is 4. The molecule has 24 heavy (non-hydrogen) atoms. The topological polar surface area (TPSA) is 46.1 Å². The van der Waals surface area contributed by atoms with Gasteiger partial charge in [0.05, 0.1) is 11.4 Å². The predicted molar refractivity (Wildman–Crippen MR) is 89.9 cm³/mol. The number of piperidine rings is 1. The van der Waals surface area contributed by atoms with Gasteiger partial charge in [-0.2, -0.15) is 0 Å². The van der Waals surface area contributed by atoms with E-state index in [9.17, 15) is 9.18 Å². The van der Waals surface area contributed by atoms with E-state index in [4.69, 9.17) is 0 Å². The Hall–Kier alpha value is -2.30. The Kier molecular flexibility index (Phi) is 5.18. The maximum absolute atomic E-state index is 13.9. The number of hydrogen-bond donors (Lipinski definition) is 0. The average molecular weight is 327 g/mol. The highest BCUT2D eigenvalue weighted by molar-refractivity contribution is 5.73. The molecule has 0 radical (unpaired) electrons. The fraction of sp³-hybridized carbons (Fsp3) is 0.421. The quantitative estimate of drug-likeness (QED) is 0.867. The van der Waals surface area contributed by atoms with Crippen LogP contribution in [0.4, 0.5) is 4.39 Å². The lowest BCUT2D eigenvalue weighted by Crippen LogP contribution is -2.37. The molecule has 2 heterocycles. The molecule has 1 fully saturated rings. The van der Waals surface area contributed by atoms with Crippen LogP contribution in [0.25, 0.3) is 0 Å². The minimum Gasteiger partial charge on any atom is -0.343 e. The van der Waals surface area contributed by atoms with Crippen molar-refractivity contribution in [2.75, 3.05) is 13.1 Å². The first-order valence-corrected chi connectivity index (χ1v) is 8.41. The molecule has 1 saturated heterocycles. The molecule has 0 unspecified atom stereocenters. The van der Waals surface area contributed by atoms with Crippen LogP contribution in [0.15, 0.2) is 36.7 Å². The second-order valence-corrected chi connectivity index (χ2v) is 6.37. The summed E-state index contributed by atoms with van der Waals surface area (Å²) in [5.74, 6) is 0.439. The normalized spacial score (nSPS) is 15.5. The van der Waals surface area contributed by atoms with Crippen LogP contribution in [-0.2, 0) is 17.6 Å². The minimum absolute atomic E-state index is 0.146. The Bertz CT molecular complexity index is 711. The van der Waals surface area contributed by atoms with Gasteiger partial charge >= 0.3 is 0 Å². The Morgan fingerprint density at radius 1 is 1.17 bits per heavy atom. The summed E-state index contributed by atoms with van der Waals surface area (Å²) in [4.78, 5) is 22.2. The molecular formula is C19H22FN3O. The molecular weight excluding hydrogens is 305 g/mol. The maximum Gasteiger partial charge on any atom is 0.219 e. The molecule has 1 aromatic heterocycles. The predicted octanol–water partition coefficient (Wildman–Crippen LogP) is 3.01. The van der Waals surface area contributed by atoms with Crippen LogP contribution in [-0.4, -0.2) is 33.9 Å². The Morgan fingerprint density at radius 2 is 1.83 bits per heavy atom. The number of carbonyl (C=O) groups excluding carboxylic acids is 1. The van der Waals surface area contributed by atoms with E-state index in [-0.39, 0.29) is 11.7 Å². The van der Waals surface area contributed by atoms with E-state index in [0.717, 1.165) is 43.7 Å². The van der Waals surface area contributed by atoms with Crippen LogP contribution in [0.2, 0.25) is 0 Å². The lowest BCUT2D eigenvalue weighted by atomic mass is 9.90. The van der Waals surface area contributed by atoms with Crippen molar-refractivity contribution in [1.29, 1.82) is 0 Å². The molecule has 0 bridgehead atoms. The molecule has 1 aliphatic rings. The maximum atomic E-state index is 13.9. The van der Waals surface area contributed by atoms with Gasteiger partial charge in [-0.25, -0.2) is 4.39 Å². The lowest BCUT2D eigenvalue weighted by molar-refractivity contribution is -0.130. The Labute approximate surface area is 141 Å². The van der Waals surface area contributed by atoms with E-state index in [0.29, 0.717) is 17.9 Å². The van der Waals surface area contributed by atoms with E-state index < -0.39 is 0 Å². The monoisotopic (exact) mass is 327 g/mol. The minimum atomic E-state index is -0.205. The molecule has 126 valence electrons. The number of benzene rings is 1. The third-order valence-electron chi connectivity index (χ3n) is 4.72. The van der Waals surface area contributed by atoms with Crippen LogP contribution >= 0.6 is 0 Å². The number of amides is 1. The third-order valence-corrected chi connectivity index (χ3v) is 4.72. The molecule has 2 aromatic rings. The van der Waals surface area contributed by atoms with Gasteiger partial charge in [0.15, 0.2) is 0 Å². The fourth-order valence-corrected chi connectivity index (χ4v) is 3.26. The molecule has 1 amide bonds. The summed E-state index contributed by atoms with van der Waals surface area (Å²) in [7, 11) is 0. The van der Waals surface area contributed by atoms with Crippen molar-refractivity contribution in [3.8, 4) is 0 Å². The van der Waals surface area contributed by atoms with Crippen molar-refractivity contribution in [2.24, 2.45) is 5.92 Å². The molecule has 4 nitrogen and oxygen atoms in total. The van der Waals surface area contributed by atoms with Crippen molar-refractivity contribution in [1.82, 2.24) is 14.9 Å². The van der Waals surface area contributed by atoms with Crippen molar-refractivity contribution in [3.63, 3.8) is 0 Å². The molecule has 0 aliphatic carbocycles. The highest BCUT2D eigenvalue weighted by atomic mass is 19.1. The highest BCUT2D eigenvalue weighted by Crippen LogP contribution is 2.23. The number of carbonyl (C=O) groups is 1. The van der Waals surface area contributed by atoms with E-state index >= 15 is 0 Å². The molecule has 5 heteroatoms. The van der Waals surface area contributed by atoms with Crippen LogP contribution < -0.4 is 0 Å². The summed E-state index contributed by atoms with van der Waals surface area (Å²) in [5, 5.41) is 0. The van der Waals surface area contributed by atoms with Crippen molar-refractivity contribution in [2.45, 2.75) is 32.6 Å². The second kappa shape index (κ2) is 7.51. The molecule has 0 saturated carbocycles. The average Bonchev–Trinajstić information content (AvgIpc) is 2.59. The fourth-order valence-electron chi connectivity index (χ4n) is 3.26. The van der Waals surface area contributed by atoms with E-state index in [1.165, 1.54) is 6.07 Å².